The molecule has 2 aromatic rings. The molecule has 1 aromatic carbocycles. The molecule has 0 bridgehead atoms. The van der Waals surface area contributed by atoms with E-state index in [-0.39, 0.29) is 23.6 Å². The quantitative estimate of drug-likeness (QED) is 0.460. The van der Waals surface area contributed by atoms with Crippen molar-refractivity contribution < 1.29 is 19.1 Å². The molecule has 2 amide bonds. The van der Waals surface area contributed by atoms with Gasteiger partial charge in [-0.3, -0.25) is 14.4 Å². The Bertz CT molecular complexity index is 698. The molecule has 1 heterocycles. The van der Waals surface area contributed by atoms with Gasteiger partial charge in [0.25, 0.3) is 5.91 Å². The standard InChI is InChI=1S/C16H16N2O4S/c17-15(20)11-3-1-4-13(9-11)22-14(19)5-2-7-18-16(21)12-6-8-23-10-12/h1,3-4,6,8-10H,2,5,7H2,(H2,17,20)(H,18,21). The molecule has 6 nitrogen and oxygen atoms in total. The van der Waals surface area contributed by atoms with Crippen molar-refractivity contribution in [2.45, 2.75) is 12.8 Å². The zero-order valence-corrected chi connectivity index (χ0v) is 13.1. The van der Waals surface area contributed by atoms with E-state index in [2.05, 4.69) is 5.32 Å². The van der Waals surface area contributed by atoms with Gasteiger partial charge in [0, 0.05) is 29.5 Å². The molecule has 0 fully saturated rings. The first-order valence-electron chi connectivity index (χ1n) is 6.97. The lowest BCUT2D eigenvalue weighted by Gasteiger charge is -2.06. The second kappa shape index (κ2) is 8.09. The second-order valence-electron chi connectivity index (χ2n) is 4.74. The van der Waals surface area contributed by atoms with E-state index in [0.717, 1.165) is 0 Å². The topological polar surface area (TPSA) is 98.5 Å². The van der Waals surface area contributed by atoms with Crippen molar-refractivity contribution in [3.05, 3.63) is 52.2 Å². The SMILES string of the molecule is NC(=O)c1cccc(OC(=O)CCCNC(=O)c2ccsc2)c1. The summed E-state index contributed by atoms with van der Waals surface area (Å²) in [6, 6.07) is 7.85. The zero-order valence-electron chi connectivity index (χ0n) is 12.3. The summed E-state index contributed by atoms with van der Waals surface area (Å²) in [6.07, 6.45) is 0.620. The van der Waals surface area contributed by atoms with Crippen LogP contribution in [0.15, 0.2) is 41.1 Å². The van der Waals surface area contributed by atoms with E-state index >= 15 is 0 Å². The van der Waals surface area contributed by atoms with Gasteiger partial charge < -0.3 is 15.8 Å². The van der Waals surface area contributed by atoms with Gasteiger partial charge in [0.2, 0.25) is 5.91 Å². The maximum absolute atomic E-state index is 11.7. The van der Waals surface area contributed by atoms with Crippen LogP contribution in [0.5, 0.6) is 5.75 Å². The van der Waals surface area contributed by atoms with Crippen molar-refractivity contribution in [2.75, 3.05) is 6.54 Å². The van der Waals surface area contributed by atoms with E-state index in [1.807, 2.05) is 5.38 Å². The minimum atomic E-state index is -0.584. The molecular formula is C16H16N2O4S. The third-order valence-electron chi connectivity index (χ3n) is 2.98. The van der Waals surface area contributed by atoms with Crippen LogP contribution < -0.4 is 15.8 Å². The largest absolute Gasteiger partial charge is 0.427 e. The summed E-state index contributed by atoms with van der Waals surface area (Å²) in [5, 5.41) is 6.31. The van der Waals surface area contributed by atoms with Gasteiger partial charge in [-0.25, -0.2) is 0 Å². The number of hydrogen-bond donors (Lipinski definition) is 2. The molecule has 0 unspecified atom stereocenters. The number of rotatable bonds is 7. The predicted octanol–water partition coefficient (Wildman–Crippen LogP) is 1.96. The number of thiophene rings is 1. The summed E-state index contributed by atoms with van der Waals surface area (Å²) < 4.78 is 5.13. The molecule has 2 rings (SSSR count). The molecule has 0 aliphatic heterocycles. The third kappa shape index (κ3) is 5.23. The van der Waals surface area contributed by atoms with Gasteiger partial charge in [-0.1, -0.05) is 6.07 Å². The molecule has 120 valence electrons. The third-order valence-corrected chi connectivity index (χ3v) is 3.66. The van der Waals surface area contributed by atoms with Crippen molar-refractivity contribution in [1.82, 2.24) is 5.32 Å². The van der Waals surface area contributed by atoms with Crippen LogP contribution in [0.2, 0.25) is 0 Å². The van der Waals surface area contributed by atoms with Crippen molar-refractivity contribution in [3.63, 3.8) is 0 Å². The first-order valence-corrected chi connectivity index (χ1v) is 7.91. The number of primary amides is 1. The van der Waals surface area contributed by atoms with Gasteiger partial charge in [-0.15, -0.1) is 0 Å². The molecule has 1 aromatic heterocycles. The Kier molecular flexibility index (Phi) is 5.87. The summed E-state index contributed by atoms with van der Waals surface area (Å²) >= 11 is 1.45. The van der Waals surface area contributed by atoms with Gasteiger partial charge in [0.15, 0.2) is 0 Å². The number of carbonyl (C=O) groups is 3. The summed E-state index contributed by atoms with van der Waals surface area (Å²) in [4.78, 5) is 34.4. The minimum absolute atomic E-state index is 0.157. The van der Waals surface area contributed by atoms with Gasteiger partial charge >= 0.3 is 5.97 Å². The number of ether oxygens (including phenoxy) is 1. The predicted molar refractivity (Wildman–Crippen MR) is 86.5 cm³/mol. The number of benzene rings is 1. The number of esters is 1. The molecule has 0 aliphatic rings. The Morgan fingerprint density at radius 1 is 1.17 bits per heavy atom. The van der Waals surface area contributed by atoms with Crippen LogP contribution >= 0.6 is 11.3 Å². The number of carbonyl (C=O) groups excluding carboxylic acids is 3. The highest BCUT2D eigenvalue weighted by Crippen LogP contribution is 2.14. The van der Waals surface area contributed by atoms with Gasteiger partial charge in [0.05, 0.1) is 0 Å². The molecule has 0 saturated heterocycles. The molecule has 7 heteroatoms. The molecule has 0 spiro atoms. The number of hydrogen-bond acceptors (Lipinski definition) is 5. The van der Waals surface area contributed by atoms with Crippen molar-refractivity contribution in [3.8, 4) is 5.75 Å². The lowest BCUT2D eigenvalue weighted by atomic mass is 10.2. The molecular weight excluding hydrogens is 316 g/mol. The number of nitrogens with one attached hydrogen (secondary N) is 1. The van der Waals surface area contributed by atoms with Crippen molar-refractivity contribution in [1.29, 1.82) is 0 Å². The highest BCUT2D eigenvalue weighted by atomic mass is 32.1. The maximum atomic E-state index is 11.7. The number of nitrogens with two attached hydrogens (primary N) is 1. The highest BCUT2D eigenvalue weighted by Gasteiger charge is 2.08. The van der Waals surface area contributed by atoms with Crippen LogP contribution in [0.25, 0.3) is 0 Å². The fourth-order valence-electron chi connectivity index (χ4n) is 1.83. The first kappa shape index (κ1) is 16.7. The summed E-state index contributed by atoms with van der Waals surface area (Å²) in [6.45, 7) is 0.380. The van der Waals surface area contributed by atoms with E-state index in [4.69, 9.17) is 10.5 Å². The normalized spacial score (nSPS) is 10.1. The summed E-state index contributed by atoms with van der Waals surface area (Å²) in [5.74, 6) is -0.905. The molecule has 0 saturated carbocycles. The van der Waals surface area contributed by atoms with Crippen molar-refractivity contribution in [2.24, 2.45) is 5.73 Å². The molecule has 0 aliphatic carbocycles. The average molecular weight is 332 g/mol. The molecule has 3 N–H and O–H groups in total. The van der Waals surface area contributed by atoms with Crippen LogP contribution in [-0.4, -0.2) is 24.3 Å². The zero-order chi connectivity index (χ0) is 16.7. The first-order chi connectivity index (χ1) is 11.1. The smallest absolute Gasteiger partial charge is 0.311 e. The van der Waals surface area contributed by atoms with Crippen LogP contribution in [0, 0.1) is 0 Å². The Labute approximate surface area is 137 Å². The number of amides is 2. The second-order valence-corrected chi connectivity index (χ2v) is 5.52. The fraction of sp³-hybridized carbons (Fsp3) is 0.188. The Morgan fingerprint density at radius 2 is 2.00 bits per heavy atom. The Hall–Kier alpha value is -2.67. The minimum Gasteiger partial charge on any atom is -0.427 e. The van der Waals surface area contributed by atoms with Gasteiger partial charge in [-0.05, 0) is 36.1 Å². The van der Waals surface area contributed by atoms with E-state index in [0.29, 0.717) is 18.5 Å². The van der Waals surface area contributed by atoms with E-state index in [1.54, 1.807) is 29.6 Å². The summed E-state index contributed by atoms with van der Waals surface area (Å²) in [7, 11) is 0. The monoisotopic (exact) mass is 332 g/mol. The van der Waals surface area contributed by atoms with Gasteiger partial charge in [0.1, 0.15) is 5.75 Å². The molecule has 0 radical (unpaired) electrons. The highest BCUT2D eigenvalue weighted by molar-refractivity contribution is 7.08. The molecule has 0 atom stereocenters. The lowest BCUT2D eigenvalue weighted by Crippen LogP contribution is -2.24. The van der Waals surface area contributed by atoms with Crippen LogP contribution in [0.4, 0.5) is 0 Å². The van der Waals surface area contributed by atoms with E-state index < -0.39 is 11.9 Å². The molecule has 23 heavy (non-hydrogen) atoms. The fourth-order valence-corrected chi connectivity index (χ4v) is 2.46. The van der Waals surface area contributed by atoms with Gasteiger partial charge in [-0.2, -0.15) is 11.3 Å². The van der Waals surface area contributed by atoms with Crippen LogP contribution in [0.1, 0.15) is 33.6 Å². The van der Waals surface area contributed by atoms with Crippen LogP contribution in [0.3, 0.4) is 0 Å². The van der Waals surface area contributed by atoms with Crippen LogP contribution in [-0.2, 0) is 4.79 Å². The Morgan fingerprint density at radius 3 is 2.70 bits per heavy atom. The van der Waals surface area contributed by atoms with E-state index in [9.17, 15) is 14.4 Å². The van der Waals surface area contributed by atoms with E-state index in [1.165, 1.54) is 17.4 Å². The average Bonchev–Trinajstić information content (AvgIpc) is 3.06. The summed E-state index contributed by atoms with van der Waals surface area (Å²) in [5.41, 5.74) is 6.05. The van der Waals surface area contributed by atoms with Crippen molar-refractivity contribution >= 4 is 29.1 Å². The maximum Gasteiger partial charge on any atom is 0.311 e. The Balaban J connectivity index is 1.72. The lowest BCUT2D eigenvalue weighted by molar-refractivity contribution is -0.134.